The van der Waals surface area contributed by atoms with Crippen LogP contribution >= 0.6 is 0 Å². The van der Waals surface area contributed by atoms with Gasteiger partial charge in [-0.2, -0.15) is 0 Å². The number of rotatable bonds is 8. The molecule has 0 fully saturated rings. The van der Waals surface area contributed by atoms with Crippen LogP contribution in [0.1, 0.15) is 22.3 Å². The van der Waals surface area contributed by atoms with Gasteiger partial charge in [0, 0.05) is 12.6 Å². The van der Waals surface area contributed by atoms with Crippen molar-refractivity contribution in [2.24, 2.45) is 0 Å². The van der Waals surface area contributed by atoms with Gasteiger partial charge in [-0.15, -0.1) is 0 Å². The number of amides is 1. The van der Waals surface area contributed by atoms with Crippen molar-refractivity contribution in [2.75, 3.05) is 13.7 Å². The zero-order valence-corrected chi connectivity index (χ0v) is 14.7. The number of hydrogen-bond acceptors (Lipinski definition) is 6. The third kappa shape index (κ3) is 5.50. The second-order valence-electron chi connectivity index (χ2n) is 5.73. The van der Waals surface area contributed by atoms with E-state index in [4.69, 9.17) is 0 Å². The van der Waals surface area contributed by atoms with Crippen LogP contribution in [0.2, 0.25) is 0 Å². The van der Waals surface area contributed by atoms with Crippen LogP contribution in [0.4, 0.5) is 5.69 Å². The number of benzene rings is 1. The molecule has 0 saturated carbocycles. The molecule has 1 aromatic heterocycles. The molecule has 0 radical (unpaired) electrons. The van der Waals surface area contributed by atoms with E-state index in [2.05, 4.69) is 10.1 Å². The summed E-state index contributed by atoms with van der Waals surface area (Å²) < 4.78 is 5.29. The molecule has 1 amide bonds. The largest absolute Gasteiger partial charge is 0.465 e. The molecular weight excluding hydrogens is 354 g/mol. The molecule has 0 aliphatic heterocycles. The van der Waals surface area contributed by atoms with Crippen LogP contribution in [0, 0.1) is 10.1 Å². The topological polar surface area (TPSA) is 121 Å². The van der Waals surface area contributed by atoms with Gasteiger partial charge < -0.3 is 10.1 Å². The quantitative estimate of drug-likeness (QED) is 0.322. The van der Waals surface area contributed by atoms with Crippen LogP contribution in [0.3, 0.4) is 0 Å². The number of hydrogen-bond donors (Lipinski definition) is 1. The summed E-state index contributed by atoms with van der Waals surface area (Å²) in [7, 11) is 1.06. The second-order valence-corrected chi connectivity index (χ2v) is 5.73. The van der Waals surface area contributed by atoms with Gasteiger partial charge in [-0.1, -0.05) is 30.3 Å². The number of aryl methyl sites for hydroxylation is 1. The first-order chi connectivity index (χ1) is 12.9. The summed E-state index contributed by atoms with van der Waals surface area (Å²) in [5.74, 6) is -1.48. The number of nitrogens with one attached hydrogen (secondary N) is 1. The third-order valence-electron chi connectivity index (χ3n) is 3.81. The monoisotopic (exact) mass is 373 g/mol. The smallest absolute Gasteiger partial charge is 0.343 e. The lowest BCUT2D eigenvalue weighted by Crippen LogP contribution is -2.35. The third-order valence-corrected chi connectivity index (χ3v) is 3.81. The van der Waals surface area contributed by atoms with E-state index in [1.54, 1.807) is 0 Å². The first kappa shape index (κ1) is 19.8. The maximum Gasteiger partial charge on any atom is 0.343 e. The van der Waals surface area contributed by atoms with Gasteiger partial charge in [0.25, 0.3) is 11.2 Å². The van der Waals surface area contributed by atoms with E-state index in [-0.39, 0.29) is 0 Å². The van der Waals surface area contributed by atoms with Crippen molar-refractivity contribution < 1.29 is 19.2 Å². The molecule has 1 heterocycles. The van der Waals surface area contributed by atoms with Crippen molar-refractivity contribution >= 4 is 17.6 Å². The Balaban J connectivity index is 2.01. The Morgan fingerprint density at radius 2 is 1.96 bits per heavy atom. The number of carbonyl (C=O) groups excluding carboxylic acids is 2. The maximum atomic E-state index is 12.3. The molecule has 142 valence electrons. The molecular formula is C18H19N3O6. The first-order valence-corrected chi connectivity index (χ1v) is 8.20. The predicted octanol–water partition coefficient (Wildman–Crippen LogP) is 1.29. The Labute approximate surface area is 154 Å². The maximum absolute atomic E-state index is 12.3. The number of nitrogens with zero attached hydrogens (tertiary/aromatic N) is 2. The van der Waals surface area contributed by atoms with Gasteiger partial charge in [0.05, 0.1) is 18.2 Å². The lowest BCUT2D eigenvalue weighted by molar-refractivity contribution is -0.385. The summed E-state index contributed by atoms with van der Waals surface area (Å²) in [4.78, 5) is 46.2. The summed E-state index contributed by atoms with van der Waals surface area (Å²) in [6.45, 7) is -0.0445. The Hall–Kier alpha value is -3.49. The number of pyridine rings is 1. The summed E-state index contributed by atoms with van der Waals surface area (Å²) in [5.41, 5.74) is -0.660. The normalized spacial score (nSPS) is 10.3. The van der Waals surface area contributed by atoms with Crippen LogP contribution < -0.4 is 10.9 Å². The van der Waals surface area contributed by atoms with Gasteiger partial charge >= 0.3 is 5.97 Å². The van der Waals surface area contributed by atoms with Gasteiger partial charge in [0.1, 0.15) is 12.1 Å². The van der Waals surface area contributed by atoms with Crippen LogP contribution in [0.15, 0.2) is 47.4 Å². The fraction of sp³-hybridized carbons (Fsp3) is 0.278. The molecule has 1 N–H and O–H groups in total. The Bertz CT molecular complexity index is 892. The molecule has 0 atom stereocenters. The number of nitro groups is 1. The number of aromatic nitrogens is 1. The minimum Gasteiger partial charge on any atom is -0.465 e. The fourth-order valence-corrected chi connectivity index (χ4v) is 2.47. The predicted molar refractivity (Wildman–Crippen MR) is 96.5 cm³/mol. The molecule has 9 heteroatoms. The van der Waals surface area contributed by atoms with E-state index >= 15 is 0 Å². The van der Waals surface area contributed by atoms with Gasteiger partial charge in [0.2, 0.25) is 5.91 Å². The number of ether oxygens (including phenoxy) is 1. The minimum absolute atomic E-state index is 0.390. The molecule has 27 heavy (non-hydrogen) atoms. The Kier molecular flexibility index (Phi) is 6.81. The van der Waals surface area contributed by atoms with Crippen LogP contribution in [0.5, 0.6) is 0 Å². The van der Waals surface area contributed by atoms with Crippen LogP contribution in [-0.2, 0) is 22.5 Å². The van der Waals surface area contributed by atoms with E-state index in [0.29, 0.717) is 13.0 Å². The van der Waals surface area contributed by atoms with Crippen molar-refractivity contribution in [3.63, 3.8) is 0 Å². The summed E-state index contributed by atoms with van der Waals surface area (Å²) in [6, 6.07) is 10.6. The summed E-state index contributed by atoms with van der Waals surface area (Å²) >= 11 is 0. The molecule has 0 aliphatic rings. The van der Waals surface area contributed by atoms with Gasteiger partial charge in [-0.05, 0) is 18.4 Å². The lowest BCUT2D eigenvalue weighted by atomic mass is 10.1. The van der Waals surface area contributed by atoms with E-state index < -0.39 is 40.2 Å². The van der Waals surface area contributed by atoms with Gasteiger partial charge in [0.15, 0.2) is 0 Å². The molecule has 1 aromatic carbocycles. The Morgan fingerprint density at radius 3 is 2.59 bits per heavy atom. The highest BCUT2D eigenvalue weighted by molar-refractivity contribution is 5.89. The second kappa shape index (κ2) is 9.27. The van der Waals surface area contributed by atoms with E-state index in [1.807, 2.05) is 30.3 Å². The number of carbonyl (C=O) groups is 2. The summed E-state index contributed by atoms with van der Waals surface area (Å²) in [5, 5.41) is 13.7. The van der Waals surface area contributed by atoms with E-state index in [1.165, 1.54) is 0 Å². The highest BCUT2D eigenvalue weighted by Crippen LogP contribution is 2.11. The molecule has 0 aliphatic carbocycles. The molecule has 2 rings (SSSR count). The molecule has 0 spiro atoms. The molecule has 0 bridgehead atoms. The molecule has 9 nitrogen and oxygen atoms in total. The first-order valence-electron chi connectivity index (χ1n) is 8.20. The highest BCUT2D eigenvalue weighted by atomic mass is 16.6. The highest BCUT2D eigenvalue weighted by Gasteiger charge is 2.20. The van der Waals surface area contributed by atoms with Crippen molar-refractivity contribution in [3.8, 4) is 0 Å². The lowest BCUT2D eigenvalue weighted by Gasteiger charge is -2.09. The van der Waals surface area contributed by atoms with E-state index in [9.17, 15) is 24.5 Å². The molecule has 2 aromatic rings. The number of methoxy groups -OCH3 is 1. The van der Waals surface area contributed by atoms with Crippen LogP contribution in [-0.4, -0.2) is 35.0 Å². The van der Waals surface area contributed by atoms with Crippen molar-refractivity contribution in [2.45, 2.75) is 19.4 Å². The zero-order chi connectivity index (χ0) is 19.8. The van der Waals surface area contributed by atoms with Crippen molar-refractivity contribution in [3.05, 3.63) is 74.2 Å². The standard InChI is InChI=1S/C18H19N3O6/c1-27-18(24)15-10-14(21(25)26)11-20(17(15)23)12-16(22)19-9-5-8-13-6-3-2-4-7-13/h2-4,6-7,10-11H,5,8-9,12H2,1H3,(H,19,22). The fourth-order valence-electron chi connectivity index (χ4n) is 2.47. The molecule has 0 saturated heterocycles. The summed E-state index contributed by atoms with van der Waals surface area (Å²) in [6.07, 6.45) is 2.41. The Morgan fingerprint density at radius 1 is 1.26 bits per heavy atom. The zero-order valence-electron chi connectivity index (χ0n) is 14.7. The van der Waals surface area contributed by atoms with Gasteiger partial charge in [-0.25, -0.2) is 4.79 Å². The van der Waals surface area contributed by atoms with Gasteiger partial charge in [-0.3, -0.25) is 24.3 Å². The van der Waals surface area contributed by atoms with E-state index in [0.717, 1.165) is 35.9 Å². The molecule has 0 unspecified atom stereocenters. The SMILES string of the molecule is COC(=O)c1cc([N+](=O)[O-])cn(CC(=O)NCCCc2ccccc2)c1=O. The van der Waals surface area contributed by atoms with Crippen molar-refractivity contribution in [1.82, 2.24) is 9.88 Å². The minimum atomic E-state index is -0.999. The average Bonchev–Trinajstić information content (AvgIpc) is 2.67. The van der Waals surface area contributed by atoms with Crippen LogP contribution in [0.25, 0.3) is 0 Å². The average molecular weight is 373 g/mol. The number of esters is 1. The van der Waals surface area contributed by atoms with Crippen molar-refractivity contribution in [1.29, 1.82) is 0 Å².